The van der Waals surface area contributed by atoms with Crippen molar-refractivity contribution >= 4 is 34.6 Å². The Hall–Kier alpha value is -0.640. The Kier molecular flexibility index (Phi) is 3.66. The van der Waals surface area contributed by atoms with Crippen molar-refractivity contribution in [2.45, 2.75) is 0 Å². The van der Waals surface area contributed by atoms with Gasteiger partial charge in [0.25, 0.3) is 0 Å². The zero-order valence-corrected chi connectivity index (χ0v) is 8.36. The fraction of sp³-hybridized carbons (Fsp3) is 0.250. The van der Waals surface area contributed by atoms with Crippen LogP contribution >= 0.6 is 23.2 Å². The molecule has 1 aromatic carbocycles. The second-order valence-corrected chi connectivity index (χ2v) is 3.32. The third kappa shape index (κ3) is 2.66. The Bertz CT molecular complexity index is 304. The molecule has 3 nitrogen and oxygen atoms in total. The average molecular weight is 221 g/mol. The number of hydrogen-bond acceptors (Lipinski definition) is 3. The van der Waals surface area contributed by atoms with Gasteiger partial charge in [0.2, 0.25) is 0 Å². The average Bonchev–Trinajstić information content (AvgIpc) is 2.09. The molecule has 0 aromatic heterocycles. The summed E-state index contributed by atoms with van der Waals surface area (Å²) in [7, 11) is 0. The van der Waals surface area contributed by atoms with E-state index in [2.05, 4.69) is 5.32 Å². The second kappa shape index (κ2) is 4.56. The SMILES string of the molecule is Nc1cc(Cl)c(Cl)cc1NCCO. The molecule has 0 spiro atoms. The Morgan fingerprint density at radius 1 is 1.31 bits per heavy atom. The first kappa shape index (κ1) is 10.4. The molecule has 0 bridgehead atoms. The summed E-state index contributed by atoms with van der Waals surface area (Å²) in [5.41, 5.74) is 6.84. The van der Waals surface area contributed by atoms with Crippen molar-refractivity contribution in [1.29, 1.82) is 0 Å². The highest BCUT2D eigenvalue weighted by molar-refractivity contribution is 6.42. The first-order chi connectivity index (χ1) is 6.15. The van der Waals surface area contributed by atoms with E-state index in [4.69, 9.17) is 34.0 Å². The molecule has 0 unspecified atom stereocenters. The number of aliphatic hydroxyl groups is 1. The van der Waals surface area contributed by atoms with Gasteiger partial charge < -0.3 is 16.2 Å². The lowest BCUT2D eigenvalue weighted by molar-refractivity contribution is 0.311. The van der Waals surface area contributed by atoms with E-state index in [0.29, 0.717) is 28.0 Å². The number of nitrogens with one attached hydrogen (secondary N) is 1. The molecular formula is C8H10Cl2N2O. The molecule has 0 heterocycles. The Morgan fingerprint density at radius 2 is 1.92 bits per heavy atom. The number of halogens is 2. The van der Waals surface area contributed by atoms with E-state index in [1.807, 2.05) is 0 Å². The van der Waals surface area contributed by atoms with Gasteiger partial charge in [-0.2, -0.15) is 0 Å². The van der Waals surface area contributed by atoms with Crippen molar-refractivity contribution in [3.8, 4) is 0 Å². The topological polar surface area (TPSA) is 58.3 Å². The lowest BCUT2D eigenvalue weighted by Crippen LogP contribution is -2.07. The number of hydrogen-bond donors (Lipinski definition) is 3. The van der Waals surface area contributed by atoms with Crippen LogP contribution < -0.4 is 11.1 Å². The fourth-order valence-corrected chi connectivity index (χ4v) is 1.24. The van der Waals surface area contributed by atoms with Gasteiger partial charge >= 0.3 is 0 Å². The largest absolute Gasteiger partial charge is 0.397 e. The molecule has 5 heteroatoms. The van der Waals surface area contributed by atoms with Gasteiger partial charge in [0.1, 0.15) is 0 Å². The van der Waals surface area contributed by atoms with Crippen LogP contribution in [0.15, 0.2) is 12.1 Å². The zero-order valence-electron chi connectivity index (χ0n) is 6.85. The molecule has 0 aliphatic heterocycles. The molecule has 0 aliphatic rings. The molecule has 0 fully saturated rings. The summed E-state index contributed by atoms with van der Waals surface area (Å²) in [5, 5.41) is 12.4. The number of nitrogens with two attached hydrogens (primary N) is 1. The number of aliphatic hydroxyl groups excluding tert-OH is 1. The van der Waals surface area contributed by atoms with Crippen molar-refractivity contribution in [3.05, 3.63) is 22.2 Å². The summed E-state index contributed by atoms with van der Waals surface area (Å²) in [5.74, 6) is 0. The van der Waals surface area contributed by atoms with Crippen LogP contribution in [0.5, 0.6) is 0 Å². The van der Waals surface area contributed by atoms with E-state index in [0.717, 1.165) is 0 Å². The Morgan fingerprint density at radius 3 is 2.54 bits per heavy atom. The predicted molar refractivity (Wildman–Crippen MR) is 56.4 cm³/mol. The molecule has 0 amide bonds. The number of anilines is 2. The molecule has 0 saturated carbocycles. The molecule has 1 aromatic rings. The molecule has 72 valence electrons. The first-order valence-corrected chi connectivity index (χ1v) is 4.50. The maximum absolute atomic E-state index is 8.58. The second-order valence-electron chi connectivity index (χ2n) is 2.50. The van der Waals surface area contributed by atoms with Crippen LogP contribution in [-0.4, -0.2) is 18.3 Å². The molecule has 0 aliphatic carbocycles. The monoisotopic (exact) mass is 220 g/mol. The summed E-state index contributed by atoms with van der Waals surface area (Å²) in [6.45, 7) is 0.474. The van der Waals surface area contributed by atoms with Crippen LogP contribution in [-0.2, 0) is 0 Å². The Labute approximate surface area is 86.5 Å². The van der Waals surface area contributed by atoms with Gasteiger partial charge in [0, 0.05) is 6.54 Å². The molecule has 0 atom stereocenters. The molecule has 0 saturated heterocycles. The normalized spacial score (nSPS) is 10.1. The molecule has 1 rings (SSSR count). The van der Waals surface area contributed by atoms with Crippen LogP contribution in [0.4, 0.5) is 11.4 Å². The van der Waals surface area contributed by atoms with E-state index >= 15 is 0 Å². The lowest BCUT2D eigenvalue weighted by Gasteiger charge is -2.08. The smallest absolute Gasteiger partial charge is 0.0614 e. The summed E-state index contributed by atoms with van der Waals surface area (Å²) in [6.07, 6.45) is 0. The standard InChI is InChI=1S/C8H10Cl2N2O/c9-5-3-7(11)8(4-6(5)10)12-1-2-13/h3-4,12-13H,1-2,11H2. The maximum atomic E-state index is 8.58. The Balaban J connectivity index is 2.88. The highest BCUT2D eigenvalue weighted by Crippen LogP contribution is 2.30. The summed E-state index contributed by atoms with van der Waals surface area (Å²) < 4.78 is 0. The third-order valence-electron chi connectivity index (χ3n) is 1.52. The maximum Gasteiger partial charge on any atom is 0.0614 e. The van der Waals surface area contributed by atoms with Crippen molar-refractivity contribution in [3.63, 3.8) is 0 Å². The van der Waals surface area contributed by atoms with Crippen LogP contribution in [0.25, 0.3) is 0 Å². The van der Waals surface area contributed by atoms with E-state index in [1.165, 1.54) is 0 Å². The summed E-state index contributed by atoms with van der Waals surface area (Å²) in [4.78, 5) is 0. The first-order valence-electron chi connectivity index (χ1n) is 3.74. The van der Waals surface area contributed by atoms with Gasteiger partial charge in [-0.3, -0.25) is 0 Å². The van der Waals surface area contributed by atoms with Gasteiger partial charge in [0.15, 0.2) is 0 Å². The van der Waals surface area contributed by atoms with Crippen molar-refractivity contribution < 1.29 is 5.11 Å². The minimum absolute atomic E-state index is 0.0414. The van der Waals surface area contributed by atoms with Crippen molar-refractivity contribution in [2.75, 3.05) is 24.2 Å². The van der Waals surface area contributed by atoms with Gasteiger partial charge in [-0.25, -0.2) is 0 Å². The van der Waals surface area contributed by atoms with Crippen LogP contribution in [0.2, 0.25) is 10.0 Å². The van der Waals surface area contributed by atoms with Crippen molar-refractivity contribution in [2.24, 2.45) is 0 Å². The minimum atomic E-state index is 0.0414. The molecule has 13 heavy (non-hydrogen) atoms. The number of benzene rings is 1. The van der Waals surface area contributed by atoms with E-state index in [9.17, 15) is 0 Å². The van der Waals surface area contributed by atoms with Gasteiger partial charge in [-0.1, -0.05) is 23.2 Å². The fourth-order valence-electron chi connectivity index (χ4n) is 0.906. The van der Waals surface area contributed by atoms with Gasteiger partial charge in [-0.05, 0) is 12.1 Å². The molecule has 4 N–H and O–H groups in total. The van der Waals surface area contributed by atoms with Gasteiger partial charge in [0.05, 0.1) is 28.0 Å². The van der Waals surface area contributed by atoms with Crippen LogP contribution in [0.1, 0.15) is 0 Å². The van der Waals surface area contributed by atoms with E-state index < -0.39 is 0 Å². The van der Waals surface area contributed by atoms with E-state index in [-0.39, 0.29) is 6.61 Å². The van der Waals surface area contributed by atoms with Gasteiger partial charge in [-0.15, -0.1) is 0 Å². The molecular weight excluding hydrogens is 211 g/mol. The van der Waals surface area contributed by atoms with E-state index in [1.54, 1.807) is 12.1 Å². The molecule has 0 radical (unpaired) electrons. The summed E-state index contributed by atoms with van der Waals surface area (Å²) in [6, 6.07) is 3.21. The number of nitrogen functional groups attached to an aromatic ring is 1. The summed E-state index contributed by atoms with van der Waals surface area (Å²) >= 11 is 11.5. The third-order valence-corrected chi connectivity index (χ3v) is 2.24. The minimum Gasteiger partial charge on any atom is -0.397 e. The zero-order chi connectivity index (χ0) is 9.84. The predicted octanol–water partition coefficient (Wildman–Crippen LogP) is 1.98. The van der Waals surface area contributed by atoms with Crippen molar-refractivity contribution in [1.82, 2.24) is 0 Å². The van der Waals surface area contributed by atoms with Crippen LogP contribution in [0.3, 0.4) is 0 Å². The number of rotatable bonds is 3. The highest BCUT2D eigenvalue weighted by atomic mass is 35.5. The lowest BCUT2D eigenvalue weighted by atomic mass is 10.2. The van der Waals surface area contributed by atoms with Crippen LogP contribution in [0, 0.1) is 0 Å². The highest BCUT2D eigenvalue weighted by Gasteiger charge is 2.03. The quantitative estimate of drug-likeness (QED) is 0.684.